The third-order valence-electron chi connectivity index (χ3n) is 18.3. The minimum absolute atomic E-state index is 0.00428. The van der Waals surface area contributed by atoms with Crippen molar-refractivity contribution in [2.75, 3.05) is 30.3 Å². The van der Waals surface area contributed by atoms with E-state index in [0.717, 1.165) is 10.8 Å². The van der Waals surface area contributed by atoms with Crippen LogP contribution in [0.15, 0.2) is 140 Å². The van der Waals surface area contributed by atoms with E-state index >= 15 is 9.59 Å². The van der Waals surface area contributed by atoms with Crippen LogP contribution in [0.4, 0.5) is 11.4 Å². The maximum atomic E-state index is 15.3. The monoisotopic (exact) mass is 1560 g/mol. The first-order valence-electron chi connectivity index (χ1n) is 37.0. The van der Waals surface area contributed by atoms with Crippen LogP contribution in [0.1, 0.15) is 115 Å². The van der Waals surface area contributed by atoms with E-state index in [1.807, 2.05) is 56.3 Å². The Balaban J connectivity index is 1.20. The van der Waals surface area contributed by atoms with E-state index < -0.39 is 156 Å². The van der Waals surface area contributed by atoms with E-state index in [4.69, 9.17) is 11.6 Å². The molecule has 0 radical (unpaired) electrons. The predicted octanol–water partition coefficient (Wildman–Crippen LogP) is 2.69. The Labute approximate surface area is 654 Å². The molecular formula is C80H100ClN15O16. The van der Waals surface area contributed by atoms with Gasteiger partial charge in [-0.25, -0.2) is 0 Å². The molecule has 1 fully saturated rings. The van der Waals surface area contributed by atoms with Crippen molar-refractivity contribution in [2.45, 2.75) is 186 Å². The smallest absolute Gasteiger partial charge is 0.325 e. The Hall–Kier alpha value is -11.7. The van der Waals surface area contributed by atoms with Crippen molar-refractivity contribution >= 4 is 117 Å². The standard InChI is InChI=1S/C80H100ClN15O16/c1-45(2)70(101)94-69(78(109)88-61(18-11-12-35-83-46(3)4)79(110)96-36-14-19-68(96)77(108)84-47(5)80(111)112)95-75(106)65(40-53-25-32-60(33-26-53)86-49(7)99)90-73(104)64(39-52-23-30-59(31-24-52)85-48(6)98)92-76(107)67(44-97)93-74(105)66(42-55-15-13-34-82-43-55)91-72(103)63(38-51-21-28-58(81)29-22-51)89-71(102)62(87-50(8)100)41-54-20-27-56-16-9-10-17-57(56)37-54/h9-10,13,15-17,20-34,37,43,45-47,61-69,83,97H,11-12,14,18-19,35-36,38-42,44H2,1-8H3,(H,84,108)(H,85,98)(H,86,99)(H,87,100)(H,88,109)(H,89,102)(H,90,104)(H,91,103)(H,92,107)(H,93,105)(H,94,101)(H,95,106)(H,111,112)/t47-,61+,62-,63-,64+,65-,66-,67+,68+,69?/m1/s1. The van der Waals surface area contributed by atoms with Crippen LogP contribution >= 0.6 is 11.6 Å². The number of carboxylic acid groups (broad SMARTS) is 1. The molecule has 2 heterocycles. The fourth-order valence-electron chi connectivity index (χ4n) is 12.4. The summed E-state index contributed by atoms with van der Waals surface area (Å²) in [5, 5.41) is 57.5. The third-order valence-corrected chi connectivity index (χ3v) is 18.5. The number of aliphatic carboxylic acids is 1. The van der Waals surface area contributed by atoms with E-state index in [-0.39, 0.29) is 57.5 Å². The molecule has 598 valence electrons. The van der Waals surface area contributed by atoms with Crippen molar-refractivity contribution < 1.29 is 77.3 Å². The number of carbonyl (C=O) groups excluding carboxylic acids is 13. The van der Waals surface area contributed by atoms with Gasteiger partial charge in [0.25, 0.3) is 5.91 Å². The number of aliphatic hydroxyl groups is 1. The molecule has 31 nitrogen and oxygen atoms in total. The summed E-state index contributed by atoms with van der Waals surface area (Å²) >= 11 is 6.26. The van der Waals surface area contributed by atoms with Crippen molar-refractivity contribution in [1.29, 1.82) is 0 Å². The Morgan fingerprint density at radius 1 is 0.473 bits per heavy atom. The van der Waals surface area contributed by atoms with Crippen molar-refractivity contribution in [3.05, 3.63) is 173 Å². The second-order valence-electron chi connectivity index (χ2n) is 28.2. The zero-order chi connectivity index (χ0) is 81.7. The molecule has 0 saturated carbocycles. The molecule has 0 bridgehead atoms. The number of hydrogen-bond acceptors (Lipinski definition) is 17. The number of halogens is 1. The number of pyridine rings is 1. The number of aromatic nitrogens is 1. The highest BCUT2D eigenvalue weighted by Gasteiger charge is 2.41. The molecule has 1 aromatic heterocycles. The normalized spacial score (nSPS) is 14.9. The average Bonchev–Trinajstić information content (AvgIpc) is 1.83. The Kier molecular flexibility index (Phi) is 33.6. The van der Waals surface area contributed by atoms with E-state index in [1.54, 1.807) is 36.4 Å². The Bertz CT molecular complexity index is 4310. The summed E-state index contributed by atoms with van der Waals surface area (Å²) in [5.74, 6) is -12.7. The van der Waals surface area contributed by atoms with Gasteiger partial charge in [-0.15, -0.1) is 0 Å². The number of rotatable bonds is 40. The minimum atomic E-state index is -1.98. The lowest BCUT2D eigenvalue weighted by Crippen LogP contribution is -2.64. The summed E-state index contributed by atoms with van der Waals surface area (Å²) in [4.78, 5) is 201. The van der Waals surface area contributed by atoms with Crippen LogP contribution in [-0.2, 0) is 99.2 Å². The molecule has 7 rings (SSSR count). The Morgan fingerprint density at radius 3 is 1.41 bits per heavy atom. The number of nitrogens with zero attached hydrogens (tertiary/aromatic N) is 2. The highest BCUT2D eigenvalue weighted by atomic mass is 35.5. The summed E-state index contributed by atoms with van der Waals surface area (Å²) in [6, 6.07) is 21.7. The van der Waals surface area contributed by atoms with Gasteiger partial charge in [-0.3, -0.25) is 72.1 Å². The van der Waals surface area contributed by atoms with E-state index in [0.29, 0.717) is 70.0 Å². The maximum absolute atomic E-state index is 15.3. The van der Waals surface area contributed by atoms with Gasteiger partial charge < -0.3 is 84.2 Å². The van der Waals surface area contributed by atoms with Gasteiger partial charge >= 0.3 is 5.97 Å². The lowest BCUT2D eigenvalue weighted by atomic mass is 9.99. The summed E-state index contributed by atoms with van der Waals surface area (Å²) in [6.45, 7) is 11.5. The Morgan fingerprint density at radius 2 is 0.929 bits per heavy atom. The first-order chi connectivity index (χ1) is 53.3. The molecule has 0 spiro atoms. The molecule has 32 heteroatoms. The van der Waals surface area contributed by atoms with Crippen LogP contribution in [0.2, 0.25) is 5.02 Å². The first-order valence-corrected chi connectivity index (χ1v) is 37.4. The molecule has 5 aromatic carbocycles. The van der Waals surface area contributed by atoms with Crippen LogP contribution in [-0.4, -0.2) is 189 Å². The van der Waals surface area contributed by atoms with Gasteiger partial charge in [0.2, 0.25) is 70.9 Å². The third kappa shape index (κ3) is 28.0. The second-order valence-corrected chi connectivity index (χ2v) is 28.7. The predicted molar refractivity (Wildman–Crippen MR) is 418 cm³/mol. The summed E-state index contributed by atoms with van der Waals surface area (Å²) < 4.78 is 0. The molecule has 1 saturated heterocycles. The second kappa shape index (κ2) is 43.0. The van der Waals surface area contributed by atoms with Gasteiger partial charge in [0.15, 0.2) is 6.17 Å². The van der Waals surface area contributed by atoms with Crippen molar-refractivity contribution in [1.82, 2.24) is 68.4 Å². The lowest BCUT2D eigenvalue weighted by molar-refractivity contribution is -0.145. The number of carbonyl (C=O) groups is 14. The highest BCUT2D eigenvalue weighted by molar-refractivity contribution is 6.30. The molecule has 6 aromatic rings. The van der Waals surface area contributed by atoms with Crippen LogP contribution < -0.4 is 69.1 Å². The van der Waals surface area contributed by atoms with E-state index in [2.05, 4.69) is 74.1 Å². The van der Waals surface area contributed by atoms with Crippen LogP contribution in [0.3, 0.4) is 0 Å². The van der Waals surface area contributed by atoms with Crippen molar-refractivity contribution in [3.63, 3.8) is 0 Å². The van der Waals surface area contributed by atoms with E-state index in [9.17, 15) is 67.7 Å². The zero-order valence-corrected chi connectivity index (χ0v) is 64.5. The van der Waals surface area contributed by atoms with E-state index in [1.165, 1.54) is 107 Å². The number of anilines is 2. The molecular weight excluding hydrogens is 1460 g/mol. The van der Waals surface area contributed by atoms with Gasteiger partial charge in [-0.05, 0) is 127 Å². The highest BCUT2D eigenvalue weighted by Crippen LogP contribution is 2.23. The lowest BCUT2D eigenvalue weighted by Gasteiger charge is -2.31. The molecule has 10 atom stereocenters. The number of unbranched alkanes of at least 4 members (excludes halogenated alkanes) is 1. The molecule has 112 heavy (non-hydrogen) atoms. The number of amides is 13. The molecule has 1 unspecified atom stereocenters. The molecule has 13 amide bonds. The number of hydrogen-bond donors (Lipinski definition) is 15. The fraction of sp³-hybridized carbons (Fsp3) is 0.412. The largest absolute Gasteiger partial charge is 0.480 e. The number of aliphatic hydroxyl groups excluding tert-OH is 1. The minimum Gasteiger partial charge on any atom is -0.480 e. The van der Waals surface area contributed by atoms with Crippen LogP contribution in [0, 0.1) is 5.92 Å². The van der Waals surface area contributed by atoms with Crippen LogP contribution in [0.5, 0.6) is 0 Å². The SMILES string of the molecule is CC(=O)Nc1ccc(C[C@H](NC(=O)[C@H](CO)NC(=O)[C@@H](Cc2cccnc2)NC(=O)[C@@H](Cc2ccc(Cl)cc2)NC(=O)[C@@H](Cc2ccc3ccccc3c2)NC(C)=O)C(=O)N[C@H](Cc2ccc(NC(C)=O)cc2)C(=O)NC(NC(=O)C(C)C)C(=O)N[C@@H](CCCCNC(C)C)C(=O)N2CCC[C@H]2C(=O)N[C@H](C)C(=O)O)cc1. The quantitative estimate of drug-likeness (QED) is 0.0194. The number of nitrogens with one attached hydrogen (secondary N) is 13. The average molecular weight is 1560 g/mol. The number of fused-ring (bicyclic) bond motifs is 1. The van der Waals surface area contributed by atoms with Gasteiger partial charge in [0.05, 0.1) is 6.61 Å². The van der Waals surface area contributed by atoms with Gasteiger partial charge in [0, 0.05) is 100 Å². The molecule has 1 aliphatic heterocycles. The van der Waals surface area contributed by atoms with Gasteiger partial charge in [-0.2, -0.15) is 0 Å². The summed E-state index contributed by atoms with van der Waals surface area (Å²) in [6.07, 6.45) is 1.14. The molecule has 15 N–H and O–H groups in total. The van der Waals surface area contributed by atoms with Crippen molar-refractivity contribution in [3.8, 4) is 0 Å². The number of likely N-dealkylation sites (tertiary alicyclic amines) is 1. The summed E-state index contributed by atoms with van der Waals surface area (Å²) in [5.41, 5.74) is 3.06. The fourth-order valence-corrected chi connectivity index (χ4v) is 12.5. The number of benzene rings is 5. The van der Waals surface area contributed by atoms with Gasteiger partial charge in [0.1, 0.15) is 54.4 Å². The first kappa shape index (κ1) is 87.5. The van der Waals surface area contributed by atoms with Gasteiger partial charge in [-0.1, -0.05) is 124 Å². The topological polar surface area (TPSA) is 452 Å². The number of carboxylic acids is 1. The maximum Gasteiger partial charge on any atom is 0.325 e. The molecule has 1 aliphatic rings. The van der Waals surface area contributed by atoms with Crippen molar-refractivity contribution in [2.24, 2.45) is 5.92 Å². The molecule has 0 aliphatic carbocycles. The van der Waals surface area contributed by atoms with Crippen LogP contribution in [0.25, 0.3) is 10.8 Å². The zero-order valence-electron chi connectivity index (χ0n) is 63.8. The summed E-state index contributed by atoms with van der Waals surface area (Å²) in [7, 11) is 0.